The van der Waals surface area contributed by atoms with Gasteiger partial charge in [-0.15, -0.1) is 0 Å². The Morgan fingerprint density at radius 3 is 2.52 bits per heavy atom. The fourth-order valence-electron chi connectivity index (χ4n) is 4.02. The van der Waals surface area contributed by atoms with Crippen LogP contribution in [0.5, 0.6) is 5.75 Å². The number of likely N-dealkylation sites (tertiary alicyclic amines) is 1. The first-order chi connectivity index (χ1) is 13.9. The Bertz CT molecular complexity index is 762. The van der Waals surface area contributed by atoms with E-state index in [4.69, 9.17) is 27.9 Å². The minimum absolute atomic E-state index is 0.405. The van der Waals surface area contributed by atoms with Gasteiger partial charge >= 0.3 is 0 Å². The van der Waals surface area contributed by atoms with Crippen molar-refractivity contribution >= 4 is 23.2 Å². The van der Waals surface area contributed by atoms with Crippen molar-refractivity contribution in [2.45, 2.75) is 52.6 Å². The summed E-state index contributed by atoms with van der Waals surface area (Å²) in [5.74, 6) is 0.967. The lowest BCUT2D eigenvalue weighted by atomic mass is 9.94. The third-order valence-electron chi connectivity index (χ3n) is 5.99. The van der Waals surface area contributed by atoms with E-state index in [0.29, 0.717) is 17.1 Å². The van der Waals surface area contributed by atoms with E-state index in [2.05, 4.69) is 43.1 Å². The highest BCUT2D eigenvalue weighted by molar-refractivity contribution is 6.33. The topological polar surface area (TPSA) is 24.5 Å². The van der Waals surface area contributed by atoms with Crippen molar-refractivity contribution in [2.24, 2.45) is 0 Å². The Morgan fingerprint density at radius 2 is 1.93 bits per heavy atom. The van der Waals surface area contributed by atoms with Gasteiger partial charge in [0.15, 0.2) is 0 Å². The second-order valence-corrected chi connectivity index (χ2v) is 8.30. The molecule has 5 heteroatoms. The van der Waals surface area contributed by atoms with Gasteiger partial charge in [-0.1, -0.05) is 41.4 Å². The van der Waals surface area contributed by atoms with Crippen molar-refractivity contribution < 1.29 is 4.74 Å². The van der Waals surface area contributed by atoms with Crippen molar-refractivity contribution in [1.82, 2.24) is 10.2 Å². The van der Waals surface area contributed by atoms with E-state index in [1.807, 2.05) is 19.1 Å². The predicted molar refractivity (Wildman–Crippen MR) is 126 cm³/mol. The average Bonchev–Trinajstić information content (AvgIpc) is 2.73. The van der Waals surface area contributed by atoms with Crippen molar-refractivity contribution in [3.8, 4) is 5.75 Å². The molecule has 1 aromatic carbocycles. The molecule has 0 bridgehead atoms. The molecule has 1 unspecified atom stereocenters. The number of nitrogens with zero attached hydrogens (tertiary/aromatic N) is 1. The number of nitrogens with one attached hydrogen (secondary N) is 1. The number of halogens is 2. The summed E-state index contributed by atoms with van der Waals surface area (Å²) < 4.78 is 5.46. The summed E-state index contributed by atoms with van der Waals surface area (Å²) in [7, 11) is 1.73. The molecule has 0 saturated carbocycles. The van der Waals surface area contributed by atoms with Crippen LogP contribution in [0.2, 0.25) is 0 Å². The van der Waals surface area contributed by atoms with Gasteiger partial charge in [-0.3, -0.25) is 4.90 Å². The Morgan fingerprint density at radius 1 is 1.24 bits per heavy atom. The molecule has 1 aliphatic heterocycles. The number of piperidine rings is 1. The van der Waals surface area contributed by atoms with Gasteiger partial charge in [0.2, 0.25) is 0 Å². The van der Waals surface area contributed by atoms with Gasteiger partial charge < -0.3 is 10.1 Å². The van der Waals surface area contributed by atoms with Crippen molar-refractivity contribution in [1.29, 1.82) is 0 Å². The minimum atomic E-state index is 0.405. The van der Waals surface area contributed by atoms with Gasteiger partial charge in [-0.25, -0.2) is 0 Å². The molecule has 0 amide bonds. The second kappa shape index (κ2) is 11.8. The SMILES string of the molecule is C\C=C/C(CNC1CCN(C(C)c2ccc(OC)c(C)c2C)CC1)=C(Cl)\C=C\Cl. The minimum Gasteiger partial charge on any atom is -0.496 e. The summed E-state index contributed by atoms with van der Waals surface area (Å²) in [5, 5.41) is 4.35. The summed E-state index contributed by atoms with van der Waals surface area (Å²) >= 11 is 12.0. The van der Waals surface area contributed by atoms with Gasteiger partial charge in [-0.2, -0.15) is 0 Å². The zero-order chi connectivity index (χ0) is 21.4. The highest BCUT2D eigenvalue weighted by atomic mass is 35.5. The summed E-state index contributed by atoms with van der Waals surface area (Å²) in [6, 6.07) is 5.22. The maximum Gasteiger partial charge on any atom is 0.122 e. The fourth-order valence-corrected chi connectivity index (χ4v) is 4.40. The zero-order valence-corrected chi connectivity index (χ0v) is 19.8. The standard InChI is InChI=1S/C24H34Cl2N2O/c1-6-7-20(23(26)10-13-25)16-27-21-11-14-28(15-12-21)19(4)22-8-9-24(29-5)18(3)17(22)2/h6-10,13,19,21,27H,11-12,14-16H2,1-5H3/b7-6-,13-10+,23-20-. The van der Waals surface area contributed by atoms with Gasteiger partial charge in [0.25, 0.3) is 0 Å². The number of rotatable bonds is 8. The molecule has 3 nitrogen and oxygen atoms in total. The number of benzene rings is 1. The molecule has 2 rings (SSSR count). The highest BCUT2D eigenvalue weighted by Gasteiger charge is 2.25. The molecule has 0 aliphatic carbocycles. The van der Waals surface area contributed by atoms with E-state index in [-0.39, 0.29) is 0 Å². The van der Waals surface area contributed by atoms with Crippen LogP contribution in [0.25, 0.3) is 0 Å². The quantitative estimate of drug-likeness (QED) is 0.487. The van der Waals surface area contributed by atoms with E-state index in [1.165, 1.54) is 22.2 Å². The number of hydrogen-bond acceptors (Lipinski definition) is 3. The molecule has 1 aromatic rings. The summed E-state index contributed by atoms with van der Waals surface area (Å²) in [6.07, 6.45) is 8.03. The normalized spacial score (nSPS) is 18.4. The van der Waals surface area contributed by atoms with Crippen LogP contribution in [0, 0.1) is 13.8 Å². The lowest BCUT2D eigenvalue weighted by molar-refractivity contribution is 0.153. The van der Waals surface area contributed by atoms with Gasteiger partial charge in [0.05, 0.1) is 7.11 Å². The van der Waals surface area contributed by atoms with Gasteiger partial charge in [0.1, 0.15) is 5.75 Å². The summed E-state index contributed by atoms with van der Waals surface area (Å²) in [6.45, 7) is 11.6. The molecule has 1 aliphatic rings. The van der Waals surface area contributed by atoms with Crippen LogP contribution < -0.4 is 10.1 Å². The zero-order valence-electron chi connectivity index (χ0n) is 18.3. The van der Waals surface area contributed by atoms with Crippen LogP contribution in [0.1, 0.15) is 49.4 Å². The molecule has 1 N–H and O–H groups in total. The first-order valence-corrected chi connectivity index (χ1v) is 11.1. The molecule has 160 valence electrons. The molecule has 0 aromatic heterocycles. The van der Waals surface area contributed by atoms with Gasteiger partial charge in [0, 0.05) is 42.3 Å². The van der Waals surface area contributed by atoms with Crippen LogP contribution in [0.4, 0.5) is 0 Å². The lowest BCUT2D eigenvalue weighted by Gasteiger charge is -2.37. The Kier molecular flexibility index (Phi) is 9.78. The molecule has 1 saturated heterocycles. The van der Waals surface area contributed by atoms with E-state index in [1.54, 1.807) is 13.2 Å². The van der Waals surface area contributed by atoms with E-state index in [9.17, 15) is 0 Å². The van der Waals surface area contributed by atoms with E-state index < -0.39 is 0 Å². The molecule has 1 atom stereocenters. The molecule has 29 heavy (non-hydrogen) atoms. The molecule has 0 radical (unpaired) electrons. The van der Waals surface area contributed by atoms with Crippen LogP contribution in [0.3, 0.4) is 0 Å². The first-order valence-electron chi connectivity index (χ1n) is 10.3. The van der Waals surface area contributed by atoms with Crippen molar-refractivity contribution in [3.63, 3.8) is 0 Å². The maximum atomic E-state index is 6.33. The first kappa shape index (κ1) is 24.0. The Hall–Kier alpha value is -1.26. The third kappa shape index (κ3) is 6.36. The average molecular weight is 437 g/mol. The van der Waals surface area contributed by atoms with Gasteiger partial charge in [-0.05, 0) is 74.9 Å². The van der Waals surface area contributed by atoms with Crippen LogP contribution in [0.15, 0.2) is 46.5 Å². The predicted octanol–water partition coefficient (Wildman–Crippen LogP) is 6.25. The highest BCUT2D eigenvalue weighted by Crippen LogP contribution is 2.31. The van der Waals surface area contributed by atoms with E-state index in [0.717, 1.165) is 43.8 Å². The van der Waals surface area contributed by atoms with Crippen LogP contribution in [-0.4, -0.2) is 37.7 Å². The summed E-state index contributed by atoms with van der Waals surface area (Å²) in [4.78, 5) is 2.58. The van der Waals surface area contributed by atoms with Crippen molar-refractivity contribution in [2.75, 3.05) is 26.7 Å². The maximum absolute atomic E-state index is 6.33. The Labute approximate surface area is 186 Å². The monoisotopic (exact) mass is 436 g/mol. The molecule has 0 spiro atoms. The lowest BCUT2D eigenvalue weighted by Crippen LogP contribution is -2.43. The third-order valence-corrected chi connectivity index (χ3v) is 6.49. The number of ether oxygens (including phenoxy) is 1. The largest absolute Gasteiger partial charge is 0.496 e. The molecule has 1 fully saturated rings. The smallest absolute Gasteiger partial charge is 0.122 e. The number of hydrogen-bond donors (Lipinski definition) is 1. The van der Waals surface area contributed by atoms with E-state index >= 15 is 0 Å². The number of allylic oxidation sites excluding steroid dienone is 3. The molecule has 1 heterocycles. The van der Waals surface area contributed by atoms with Crippen molar-refractivity contribution in [3.05, 3.63) is 63.2 Å². The molecular weight excluding hydrogens is 403 g/mol. The number of methoxy groups -OCH3 is 1. The summed E-state index contributed by atoms with van der Waals surface area (Å²) in [5.41, 5.74) is 6.48. The van der Waals surface area contributed by atoms with Crippen LogP contribution in [-0.2, 0) is 0 Å². The van der Waals surface area contributed by atoms with Crippen LogP contribution >= 0.6 is 23.2 Å². The molecular formula is C24H34Cl2N2O. The fraction of sp³-hybridized carbons (Fsp3) is 0.500. The Balaban J connectivity index is 1.95. The second-order valence-electron chi connectivity index (χ2n) is 7.64.